The van der Waals surface area contributed by atoms with Crippen LogP contribution in [-0.4, -0.2) is 18.2 Å². The van der Waals surface area contributed by atoms with Crippen LogP contribution in [0, 0.1) is 6.92 Å². The fraction of sp³-hybridized carbons (Fsp3) is 0.222. The molecule has 0 saturated heterocycles. The summed E-state index contributed by atoms with van der Waals surface area (Å²) in [5.41, 5.74) is 3.05. The van der Waals surface area contributed by atoms with E-state index in [0.29, 0.717) is 23.6 Å². The molecule has 120 valence electrons. The minimum Gasteiger partial charge on any atom is -0.385 e. The lowest BCUT2D eigenvalue weighted by Crippen LogP contribution is -2.17. The van der Waals surface area contributed by atoms with Crippen molar-refractivity contribution in [1.82, 2.24) is 0 Å². The maximum absolute atomic E-state index is 12.0. The van der Waals surface area contributed by atoms with E-state index in [9.17, 15) is 9.59 Å². The zero-order valence-corrected chi connectivity index (χ0v) is 13.9. The topological polar surface area (TPSA) is 58.2 Å². The molecule has 0 fully saturated rings. The predicted octanol–water partition coefficient (Wildman–Crippen LogP) is 4.29. The predicted molar refractivity (Wildman–Crippen MR) is 94.4 cm³/mol. The fourth-order valence-electron chi connectivity index (χ4n) is 2.12. The quantitative estimate of drug-likeness (QED) is 0.777. The van der Waals surface area contributed by atoms with E-state index in [0.717, 1.165) is 16.9 Å². The van der Waals surface area contributed by atoms with Crippen LogP contribution in [0.15, 0.2) is 42.5 Å². The normalized spacial score (nSPS) is 10.2. The lowest BCUT2D eigenvalue weighted by atomic mass is 10.1. The van der Waals surface area contributed by atoms with E-state index in [4.69, 9.17) is 11.6 Å². The van der Waals surface area contributed by atoms with Crippen molar-refractivity contribution in [3.63, 3.8) is 0 Å². The summed E-state index contributed by atoms with van der Waals surface area (Å²) in [5.74, 6) is -0.0755. The smallest absolute Gasteiger partial charge is 0.226 e. The Bertz CT molecular complexity index is 729. The monoisotopic (exact) mass is 330 g/mol. The molecule has 0 aliphatic carbocycles. The zero-order valence-electron chi connectivity index (χ0n) is 13.2. The number of amides is 1. The molecule has 0 unspecified atom stereocenters. The molecule has 2 N–H and O–H groups in total. The highest BCUT2D eigenvalue weighted by Gasteiger charge is 2.07. The average molecular weight is 331 g/mol. The maximum Gasteiger partial charge on any atom is 0.226 e. The average Bonchev–Trinajstić information content (AvgIpc) is 2.52. The summed E-state index contributed by atoms with van der Waals surface area (Å²) in [6, 6.07) is 12.6. The molecule has 0 aromatic heterocycles. The van der Waals surface area contributed by atoms with Gasteiger partial charge >= 0.3 is 0 Å². The van der Waals surface area contributed by atoms with E-state index in [1.165, 1.54) is 6.92 Å². The van der Waals surface area contributed by atoms with Gasteiger partial charge in [0.05, 0.1) is 0 Å². The van der Waals surface area contributed by atoms with Gasteiger partial charge in [-0.3, -0.25) is 9.59 Å². The lowest BCUT2D eigenvalue weighted by Gasteiger charge is -2.10. The van der Waals surface area contributed by atoms with Crippen LogP contribution in [0.4, 0.5) is 11.4 Å². The number of carbonyl (C=O) groups is 2. The SMILES string of the molecule is CC(=O)c1cccc(NCCC(=O)Nc2cccc(Cl)c2C)c1. The Labute approximate surface area is 140 Å². The molecule has 2 aromatic carbocycles. The van der Waals surface area contributed by atoms with E-state index >= 15 is 0 Å². The zero-order chi connectivity index (χ0) is 16.8. The van der Waals surface area contributed by atoms with Crippen LogP contribution in [0.3, 0.4) is 0 Å². The molecular formula is C18H19ClN2O2. The molecule has 0 aliphatic heterocycles. The van der Waals surface area contributed by atoms with Gasteiger partial charge in [0.1, 0.15) is 0 Å². The lowest BCUT2D eigenvalue weighted by molar-refractivity contribution is -0.115. The van der Waals surface area contributed by atoms with Gasteiger partial charge in [0, 0.05) is 34.9 Å². The number of hydrogen-bond donors (Lipinski definition) is 2. The molecule has 0 bridgehead atoms. The fourth-order valence-corrected chi connectivity index (χ4v) is 2.30. The Morgan fingerprint density at radius 3 is 2.61 bits per heavy atom. The van der Waals surface area contributed by atoms with Crippen molar-refractivity contribution in [1.29, 1.82) is 0 Å². The highest BCUT2D eigenvalue weighted by Crippen LogP contribution is 2.23. The van der Waals surface area contributed by atoms with Crippen LogP contribution in [0.5, 0.6) is 0 Å². The molecule has 1 amide bonds. The number of anilines is 2. The van der Waals surface area contributed by atoms with Crippen LogP contribution in [0.2, 0.25) is 5.02 Å². The molecule has 0 heterocycles. The third-order valence-electron chi connectivity index (χ3n) is 3.49. The van der Waals surface area contributed by atoms with Gasteiger partial charge in [-0.05, 0) is 43.7 Å². The van der Waals surface area contributed by atoms with Crippen LogP contribution in [0.25, 0.3) is 0 Å². The molecule has 0 spiro atoms. The second kappa shape index (κ2) is 7.79. The first-order chi connectivity index (χ1) is 11.0. The van der Waals surface area contributed by atoms with Gasteiger partial charge in [0.25, 0.3) is 0 Å². The Morgan fingerprint density at radius 1 is 1.13 bits per heavy atom. The number of halogens is 1. The van der Waals surface area contributed by atoms with E-state index in [1.54, 1.807) is 24.3 Å². The molecular weight excluding hydrogens is 312 g/mol. The minimum atomic E-state index is -0.0920. The van der Waals surface area contributed by atoms with E-state index < -0.39 is 0 Å². The van der Waals surface area contributed by atoms with Gasteiger partial charge in [-0.1, -0.05) is 29.8 Å². The van der Waals surface area contributed by atoms with Crippen LogP contribution < -0.4 is 10.6 Å². The molecule has 2 aromatic rings. The highest BCUT2D eigenvalue weighted by atomic mass is 35.5. The first-order valence-electron chi connectivity index (χ1n) is 7.37. The summed E-state index contributed by atoms with van der Waals surface area (Å²) in [7, 11) is 0. The van der Waals surface area contributed by atoms with Crippen molar-refractivity contribution in [2.45, 2.75) is 20.3 Å². The summed E-state index contributed by atoms with van der Waals surface area (Å²) in [4.78, 5) is 23.3. The minimum absolute atomic E-state index is 0.0165. The van der Waals surface area contributed by atoms with Gasteiger partial charge in [0.15, 0.2) is 5.78 Å². The van der Waals surface area contributed by atoms with E-state index in [-0.39, 0.29) is 11.7 Å². The Kier molecular flexibility index (Phi) is 5.77. The summed E-state index contributed by atoms with van der Waals surface area (Å²) >= 11 is 6.03. The summed E-state index contributed by atoms with van der Waals surface area (Å²) in [6.07, 6.45) is 0.316. The molecule has 2 rings (SSSR count). The molecule has 0 radical (unpaired) electrons. The number of hydrogen-bond acceptors (Lipinski definition) is 3. The first-order valence-corrected chi connectivity index (χ1v) is 7.75. The Balaban J connectivity index is 1.86. The van der Waals surface area contributed by atoms with Crippen molar-refractivity contribution < 1.29 is 9.59 Å². The number of rotatable bonds is 6. The summed E-state index contributed by atoms with van der Waals surface area (Å²) in [6.45, 7) is 3.87. The van der Waals surface area contributed by atoms with Crippen molar-refractivity contribution in [3.05, 3.63) is 58.6 Å². The summed E-state index contributed by atoms with van der Waals surface area (Å²) < 4.78 is 0. The molecule has 4 nitrogen and oxygen atoms in total. The van der Waals surface area contributed by atoms with Gasteiger partial charge in [-0.2, -0.15) is 0 Å². The third kappa shape index (κ3) is 4.83. The Morgan fingerprint density at radius 2 is 1.87 bits per heavy atom. The number of nitrogens with one attached hydrogen (secondary N) is 2. The van der Waals surface area contributed by atoms with Crippen LogP contribution in [0.1, 0.15) is 29.3 Å². The molecule has 0 atom stereocenters. The number of Topliss-reactive ketones (excluding diaryl/α,β-unsaturated/α-hetero) is 1. The first kappa shape index (κ1) is 17.0. The number of ketones is 1. The van der Waals surface area contributed by atoms with Gasteiger partial charge in [-0.15, -0.1) is 0 Å². The van der Waals surface area contributed by atoms with Crippen molar-refractivity contribution in [3.8, 4) is 0 Å². The second-order valence-corrected chi connectivity index (χ2v) is 5.68. The van der Waals surface area contributed by atoms with E-state index in [1.807, 2.05) is 25.1 Å². The second-order valence-electron chi connectivity index (χ2n) is 5.27. The van der Waals surface area contributed by atoms with Crippen molar-refractivity contribution >= 4 is 34.7 Å². The number of benzene rings is 2. The molecule has 5 heteroatoms. The van der Waals surface area contributed by atoms with Crippen LogP contribution >= 0.6 is 11.6 Å². The third-order valence-corrected chi connectivity index (χ3v) is 3.90. The maximum atomic E-state index is 12.0. The van der Waals surface area contributed by atoms with Gasteiger partial charge in [-0.25, -0.2) is 0 Å². The highest BCUT2D eigenvalue weighted by molar-refractivity contribution is 6.31. The largest absolute Gasteiger partial charge is 0.385 e. The van der Waals surface area contributed by atoms with E-state index in [2.05, 4.69) is 10.6 Å². The molecule has 0 aliphatic rings. The van der Waals surface area contributed by atoms with Crippen molar-refractivity contribution in [2.75, 3.05) is 17.2 Å². The number of carbonyl (C=O) groups excluding carboxylic acids is 2. The van der Waals surface area contributed by atoms with Crippen LogP contribution in [-0.2, 0) is 4.79 Å². The summed E-state index contributed by atoms with van der Waals surface area (Å²) in [5, 5.41) is 6.62. The van der Waals surface area contributed by atoms with Gasteiger partial charge in [0.2, 0.25) is 5.91 Å². The Hall–Kier alpha value is -2.33. The molecule has 0 saturated carbocycles. The van der Waals surface area contributed by atoms with Crippen molar-refractivity contribution in [2.24, 2.45) is 0 Å². The molecule has 23 heavy (non-hydrogen) atoms. The van der Waals surface area contributed by atoms with Gasteiger partial charge < -0.3 is 10.6 Å². The standard InChI is InChI=1S/C18H19ClN2O2/c1-12-16(19)7-4-8-17(12)21-18(23)9-10-20-15-6-3-5-14(11-15)13(2)22/h3-8,11,20H,9-10H2,1-2H3,(H,21,23).